The van der Waals surface area contributed by atoms with Gasteiger partial charge in [0.05, 0.1) is 0 Å². The lowest BCUT2D eigenvalue weighted by atomic mass is 9.52. The molecule has 2 aromatic carbocycles. The first-order valence-electron chi connectivity index (χ1n) is 9.77. The highest BCUT2D eigenvalue weighted by Crippen LogP contribution is 2.55. The van der Waals surface area contributed by atoms with Crippen LogP contribution in [-0.2, 0) is 11.8 Å². The number of likely N-dealkylation sites (N-methyl/N-ethyl adjacent to an activating group) is 1. The zero-order chi connectivity index (χ0) is 17.0. The molecule has 2 aliphatic carbocycles. The lowest BCUT2D eigenvalue weighted by Crippen LogP contribution is -2.59. The fourth-order valence-electron chi connectivity index (χ4n) is 6.02. The summed E-state index contributed by atoms with van der Waals surface area (Å²) in [6, 6.07) is 14.7. The maximum atomic E-state index is 13.3. The molecule has 0 N–H and O–H groups in total. The first kappa shape index (κ1) is 15.6. The fourth-order valence-corrected chi connectivity index (χ4v) is 6.02. The van der Waals surface area contributed by atoms with Crippen molar-refractivity contribution in [3.8, 4) is 11.1 Å². The minimum absolute atomic E-state index is 0.161. The molecule has 130 valence electrons. The van der Waals surface area contributed by atoms with Crippen LogP contribution in [-0.4, -0.2) is 24.5 Å². The number of halogens is 1. The lowest BCUT2D eigenvalue weighted by Gasteiger charge is -2.58. The van der Waals surface area contributed by atoms with Gasteiger partial charge in [-0.1, -0.05) is 43.2 Å². The zero-order valence-electron chi connectivity index (χ0n) is 15.0. The molecule has 2 fully saturated rings. The quantitative estimate of drug-likeness (QED) is 0.694. The third-order valence-electron chi connectivity index (χ3n) is 7.29. The van der Waals surface area contributed by atoms with Gasteiger partial charge in [0.25, 0.3) is 0 Å². The second-order valence-corrected chi connectivity index (χ2v) is 8.39. The number of hydrogen-bond donors (Lipinski definition) is 0. The molecule has 0 amide bonds. The van der Waals surface area contributed by atoms with Gasteiger partial charge in [-0.3, -0.25) is 0 Å². The van der Waals surface area contributed by atoms with Crippen LogP contribution in [0.3, 0.4) is 0 Å². The van der Waals surface area contributed by atoms with Crippen LogP contribution < -0.4 is 0 Å². The van der Waals surface area contributed by atoms with Crippen molar-refractivity contribution >= 4 is 0 Å². The first-order valence-corrected chi connectivity index (χ1v) is 9.77. The molecule has 2 heteroatoms. The standard InChI is InChI=1S/C23H26FN/c1-25-13-12-23-11-3-2-4-20(23)22(25)15-18-6-5-17(14-21(18)23)16-7-9-19(24)10-8-16/h5-10,14,20,22H,2-4,11-13,15H2,1H3/t20-,22-,23?/m1/s1. The molecule has 3 aliphatic rings. The topological polar surface area (TPSA) is 3.24 Å². The van der Waals surface area contributed by atoms with Crippen LogP contribution in [0.1, 0.15) is 43.2 Å². The van der Waals surface area contributed by atoms with Gasteiger partial charge in [0.1, 0.15) is 5.82 Å². The van der Waals surface area contributed by atoms with Crippen LogP contribution >= 0.6 is 0 Å². The third-order valence-corrected chi connectivity index (χ3v) is 7.29. The summed E-state index contributed by atoms with van der Waals surface area (Å²) in [4.78, 5) is 2.62. The number of likely N-dealkylation sites (tertiary alicyclic amines) is 1. The molecular weight excluding hydrogens is 309 g/mol. The van der Waals surface area contributed by atoms with Gasteiger partial charge in [0.2, 0.25) is 0 Å². The van der Waals surface area contributed by atoms with Crippen molar-refractivity contribution < 1.29 is 4.39 Å². The summed E-state index contributed by atoms with van der Waals surface area (Å²) in [5, 5.41) is 0. The average Bonchev–Trinajstić information content (AvgIpc) is 2.65. The molecule has 2 aromatic rings. The molecule has 25 heavy (non-hydrogen) atoms. The number of hydrogen-bond acceptors (Lipinski definition) is 1. The van der Waals surface area contributed by atoms with Crippen molar-refractivity contribution in [3.63, 3.8) is 0 Å². The van der Waals surface area contributed by atoms with Crippen LogP contribution in [0.4, 0.5) is 4.39 Å². The highest BCUT2D eigenvalue weighted by molar-refractivity contribution is 5.66. The van der Waals surface area contributed by atoms with Gasteiger partial charge in [-0.25, -0.2) is 4.39 Å². The van der Waals surface area contributed by atoms with Crippen molar-refractivity contribution in [3.05, 3.63) is 59.4 Å². The Morgan fingerprint density at radius 2 is 1.80 bits per heavy atom. The first-order chi connectivity index (χ1) is 12.2. The molecule has 5 rings (SSSR count). The van der Waals surface area contributed by atoms with Crippen molar-refractivity contribution in [1.82, 2.24) is 4.90 Å². The number of fused-ring (bicyclic) bond motifs is 1. The van der Waals surface area contributed by atoms with Crippen molar-refractivity contribution in [2.45, 2.75) is 50.0 Å². The van der Waals surface area contributed by atoms with E-state index in [-0.39, 0.29) is 5.82 Å². The van der Waals surface area contributed by atoms with E-state index < -0.39 is 0 Å². The normalized spacial score (nSPS) is 31.3. The summed E-state index contributed by atoms with van der Waals surface area (Å²) in [6.45, 7) is 1.22. The Kier molecular flexibility index (Phi) is 3.53. The maximum Gasteiger partial charge on any atom is 0.123 e. The number of rotatable bonds is 1. The minimum atomic E-state index is -0.161. The Labute approximate surface area is 149 Å². The van der Waals surface area contributed by atoms with Crippen molar-refractivity contribution in [1.29, 1.82) is 0 Å². The highest BCUT2D eigenvalue weighted by atomic mass is 19.1. The SMILES string of the molecule is CN1CCC23CCCC[C@@H]2[C@H]1Cc1ccc(-c2ccc(F)cc2)cc13. The Balaban J connectivity index is 1.64. The molecular formula is C23H26FN. The molecule has 1 nitrogen and oxygen atoms in total. The molecule has 3 atom stereocenters. The zero-order valence-corrected chi connectivity index (χ0v) is 15.0. The summed E-state index contributed by atoms with van der Waals surface area (Å²) in [5.74, 6) is 0.654. The van der Waals surface area contributed by atoms with E-state index in [1.54, 1.807) is 23.3 Å². The predicted molar refractivity (Wildman–Crippen MR) is 100 cm³/mol. The Morgan fingerprint density at radius 1 is 1.00 bits per heavy atom. The van der Waals surface area contributed by atoms with Gasteiger partial charge in [0, 0.05) is 11.5 Å². The van der Waals surface area contributed by atoms with E-state index in [2.05, 4.69) is 30.1 Å². The number of benzene rings is 2. The Hall–Kier alpha value is -1.67. The van der Waals surface area contributed by atoms with Crippen LogP contribution in [0.2, 0.25) is 0 Å². The Bertz CT molecular complexity index is 796. The molecule has 2 bridgehead atoms. The van der Waals surface area contributed by atoms with E-state index in [9.17, 15) is 4.39 Å². The summed E-state index contributed by atoms with van der Waals surface area (Å²) in [7, 11) is 2.32. The largest absolute Gasteiger partial charge is 0.303 e. The van der Waals surface area contributed by atoms with Crippen LogP contribution in [0.15, 0.2) is 42.5 Å². The molecule has 1 saturated heterocycles. The van der Waals surface area contributed by atoms with E-state index in [1.165, 1.54) is 50.6 Å². The van der Waals surface area contributed by atoms with E-state index in [4.69, 9.17) is 0 Å². The van der Waals surface area contributed by atoms with Crippen LogP contribution in [0.25, 0.3) is 11.1 Å². The molecule has 0 aromatic heterocycles. The minimum Gasteiger partial charge on any atom is -0.303 e. The van der Waals surface area contributed by atoms with E-state index >= 15 is 0 Å². The highest BCUT2D eigenvalue weighted by Gasteiger charge is 2.52. The number of nitrogens with zero attached hydrogens (tertiary/aromatic N) is 1. The summed E-state index contributed by atoms with van der Waals surface area (Å²) >= 11 is 0. The third kappa shape index (κ3) is 2.30. The van der Waals surface area contributed by atoms with Gasteiger partial charge in [-0.2, -0.15) is 0 Å². The molecule has 1 heterocycles. The smallest absolute Gasteiger partial charge is 0.123 e. The van der Waals surface area contributed by atoms with Gasteiger partial charge < -0.3 is 4.90 Å². The molecule has 0 radical (unpaired) electrons. The van der Waals surface area contributed by atoms with Crippen LogP contribution in [0.5, 0.6) is 0 Å². The molecule has 0 spiro atoms. The predicted octanol–water partition coefficient (Wildman–Crippen LogP) is 5.18. The second kappa shape index (κ2) is 5.67. The van der Waals surface area contributed by atoms with Gasteiger partial charge in [-0.05, 0) is 79.6 Å². The van der Waals surface area contributed by atoms with E-state index in [0.717, 1.165) is 17.5 Å². The number of piperidine rings is 1. The summed E-state index contributed by atoms with van der Waals surface area (Å²) in [6.07, 6.45) is 7.99. The van der Waals surface area contributed by atoms with E-state index in [0.29, 0.717) is 5.41 Å². The van der Waals surface area contributed by atoms with E-state index in [1.807, 2.05) is 12.1 Å². The Morgan fingerprint density at radius 3 is 2.64 bits per heavy atom. The molecule has 1 saturated carbocycles. The van der Waals surface area contributed by atoms with Crippen molar-refractivity contribution in [2.24, 2.45) is 5.92 Å². The maximum absolute atomic E-state index is 13.3. The second-order valence-electron chi connectivity index (χ2n) is 8.39. The van der Waals surface area contributed by atoms with Gasteiger partial charge in [-0.15, -0.1) is 0 Å². The molecule has 1 aliphatic heterocycles. The van der Waals surface area contributed by atoms with Gasteiger partial charge >= 0.3 is 0 Å². The summed E-state index contributed by atoms with van der Waals surface area (Å²) < 4.78 is 13.3. The van der Waals surface area contributed by atoms with Gasteiger partial charge in [0.15, 0.2) is 0 Å². The molecule has 1 unspecified atom stereocenters. The average molecular weight is 335 g/mol. The summed E-state index contributed by atoms with van der Waals surface area (Å²) in [5.41, 5.74) is 5.93. The lowest BCUT2D eigenvalue weighted by molar-refractivity contribution is 0.00290. The fraction of sp³-hybridized carbons (Fsp3) is 0.478. The van der Waals surface area contributed by atoms with Crippen molar-refractivity contribution in [2.75, 3.05) is 13.6 Å². The van der Waals surface area contributed by atoms with Crippen LogP contribution in [0, 0.1) is 11.7 Å². The monoisotopic (exact) mass is 335 g/mol.